The topological polar surface area (TPSA) is 135 Å². The molecule has 0 aromatic heterocycles. The number of halogens is 2. The summed E-state index contributed by atoms with van der Waals surface area (Å²) in [6.07, 6.45) is 1.06. The molecular formula is C44H48F2N6O6Si. The Balaban J connectivity index is 1.26. The van der Waals surface area contributed by atoms with E-state index in [1.807, 2.05) is 53.4 Å². The lowest BCUT2D eigenvalue weighted by Gasteiger charge is -2.38. The number of rotatable bonds is 14. The summed E-state index contributed by atoms with van der Waals surface area (Å²) in [6, 6.07) is 28.2. The molecule has 0 bridgehead atoms. The minimum Gasteiger partial charge on any atom is -0.497 e. The summed E-state index contributed by atoms with van der Waals surface area (Å²) < 4.78 is 43.2. The van der Waals surface area contributed by atoms with Gasteiger partial charge >= 0.3 is 0 Å². The van der Waals surface area contributed by atoms with E-state index in [9.17, 15) is 20.2 Å². The van der Waals surface area contributed by atoms with Gasteiger partial charge in [0.05, 0.1) is 44.2 Å². The predicted molar refractivity (Wildman–Crippen MR) is 230 cm³/mol. The number of benzene rings is 5. The van der Waals surface area contributed by atoms with Gasteiger partial charge in [0.1, 0.15) is 28.6 Å². The van der Waals surface area contributed by atoms with Gasteiger partial charge in [-0.25, -0.2) is 8.78 Å². The fraction of sp³-hybridized carbons (Fsp3) is 0.318. The van der Waals surface area contributed by atoms with E-state index in [2.05, 4.69) is 23.7 Å². The Morgan fingerprint density at radius 3 is 1.49 bits per heavy atom. The van der Waals surface area contributed by atoms with Gasteiger partial charge in [0.15, 0.2) is 11.6 Å². The highest BCUT2D eigenvalue weighted by Crippen LogP contribution is 2.50. The number of nitro benzene ring substituents is 2. The Hall–Kier alpha value is -6.22. The highest BCUT2D eigenvalue weighted by atomic mass is 28.3. The molecule has 7 rings (SSSR count). The monoisotopic (exact) mass is 822 g/mol. The average molecular weight is 823 g/mol. The highest BCUT2D eigenvalue weighted by molar-refractivity contribution is 6.77. The molecule has 2 fully saturated rings. The first-order valence-corrected chi connectivity index (χ1v) is 23.1. The molecule has 308 valence electrons. The van der Waals surface area contributed by atoms with Gasteiger partial charge in [-0.2, -0.15) is 0 Å². The third kappa shape index (κ3) is 9.09. The maximum Gasteiger partial charge on any atom is 0.292 e. The van der Waals surface area contributed by atoms with E-state index in [1.54, 1.807) is 43.4 Å². The molecule has 0 spiro atoms. The van der Waals surface area contributed by atoms with Crippen LogP contribution in [0, 0.1) is 31.9 Å². The fourth-order valence-electron chi connectivity index (χ4n) is 8.17. The van der Waals surface area contributed by atoms with E-state index in [0.717, 1.165) is 23.2 Å². The predicted octanol–water partition coefficient (Wildman–Crippen LogP) is 10.6. The van der Waals surface area contributed by atoms with Crippen molar-refractivity contribution in [3.8, 4) is 11.5 Å². The van der Waals surface area contributed by atoms with E-state index >= 15 is 8.78 Å². The number of nitrogens with zero attached hydrogens (tertiary/aromatic N) is 4. The second-order valence-corrected chi connectivity index (χ2v) is 21.2. The first-order valence-electron chi connectivity index (χ1n) is 19.7. The van der Waals surface area contributed by atoms with Crippen molar-refractivity contribution >= 4 is 42.2 Å². The summed E-state index contributed by atoms with van der Waals surface area (Å²) in [5, 5.41) is 30.9. The van der Waals surface area contributed by atoms with Crippen molar-refractivity contribution in [2.45, 2.75) is 63.2 Å². The van der Waals surface area contributed by atoms with Crippen molar-refractivity contribution in [3.05, 3.63) is 151 Å². The molecule has 5 aromatic carbocycles. The molecule has 2 aliphatic rings. The molecule has 2 N–H and O–H groups in total. The smallest absolute Gasteiger partial charge is 0.292 e. The number of anilines is 4. The van der Waals surface area contributed by atoms with Crippen molar-refractivity contribution < 1.29 is 28.1 Å². The Morgan fingerprint density at radius 2 is 1.10 bits per heavy atom. The van der Waals surface area contributed by atoms with Crippen molar-refractivity contribution in [1.29, 1.82) is 0 Å². The lowest BCUT2D eigenvalue weighted by atomic mass is 10.0. The van der Waals surface area contributed by atoms with Gasteiger partial charge < -0.3 is 29.9 Å². The Labute approximate surface area is 343 Å². The van der Waals surface area contributed by atoms with Crippen molar-refractivity contribution in [2.75, 3.05) is 47.7 Å². The van der Waals surface area contributed by atoms with Crippen LogP contribution in [0.3, 0.4) is 0 Å². The molecule has 2 saturated heterocycles. The Morgan fingerprint density at radius 1 is 0.678 bits per heavy atom. The molecule has 0 amide bonds. The first-order chi connectivity index (χ1) is 28.3. The van der Waals surface area contributed by atoms with Crippen LogP contribution in [0.5, 0.6) is 11.5 Å². The molecular weight excluding hydrogens is 775 g/mol. The minimum absolute atomic E-state index is 0.0359. The third-order valence-corrected chi connectivity index (χ3v) is 14.8. The third-order valence-electron chi connectivity index (χ3n) is 11.6. The van der Waals surface area contributed by atoms with Crippen molar-refractivity contribution in [1.82, 2.24) is 0 Å². The molecule has 2 heterocycles. The lowest BCUT2D eigenvalue weighted by Crippen LogP contribution is -2.43. The largest absolute Gasteiger partial charge is 0.497 e. The SMILES string of the molecule is COc1ccc(CNc2cc([C@@H]3CC[C@@H](c4ccc([N+](=O)[O-])c(NCc5ccc(OC)cc5)c4)N3c3cc(F)c(N4CC[Si](C)(C)CC4)c(F)c3)ccc2[N+](=O)[O-])cc1. The summed E-state index contributed by atoms with van der Waals surface area (Å²) in [7, 11) is 1.74. The second kappa shape index (κ2) is 17.3. The number of nitro groups is 2. The molecule has 2 aliphatic heterocycles. The van der Waals surface area contributed by atoms with Crippen LogP contribution >= 0.6 is 0 Å². The Bertz CT molecular complexity index is 2180. The van der Waals surface area contributed by atoms with Crippen LogP contribution in [0.2, 0.25) is 25.2 Å². The molecule has 59 heavy (non-hydrogen) atoms. The number of ether oxygens (including phenoxy) is 2. The minimum atomic E-state index is -1.42. The number of nitrogens with one attached hydrogen (secondary N) is 2. The van der Waals surface area contributed by atoms with Crippen molar-refractivity contribution in [3.63, 3.8) is 0 Å². The summed E-state index contributed by atoms with van der Waals surface area (Å²) in [6.45, 7) is 6.37. The van der Waals surface area contributed by atoms with Crippen LogP contribution in [0.25, 0.3) is 0 Å². The molecule has 0 aliphatic carbocycles. The van der Waals surface area contributed by atoms with Crippen LogP contribution in [0.15, 0.2) is 97.1 Å². The van der Waals surface area contributed by atoms with E-state index in [-0.39, 0.29) is 17.1 Å². The fourth-order valence-corrected chi connectivity index (χ4v) is 10.2. The van der Waals surface area contributed by atoms with E-state index in [1.165, 1.54) is 24.3 Å². The van der Waals surface area contributed by atoms with Crippen LogP contribution in [0.4, 0.5) is 42.9 Å². The van der Waals surface area contributed by atoms with Crippen LogP contribution in [-0.2, 0) is 13.1 Å². The maximum atomic E-state index is 16.3. The number of methoxy groups -OCH3 is 2. The lowest BCUT2D eigenvalue weighted by molar-refractivity contribution is -0.384. The van der Waals surface area contributed by atoms with Gasteiger partial charge in [-0.1, -0.05) is 37.4 Å². The average Bonchev–Trinajstić information content (AvgIpc) is 3.68. The Kier molecular flexibility index (Phi) is 12.0. The second-order valence-electron chi connectivity index (χ2n) is 15.9. The van der Waals surface area contributed by atoms with Crippen LogP contribution < -0.4 is 29.9 Å². The van der Waals surface area contributed by atoms with Gasteiger partial charge in [0, 0.05) is 44.0 Å². The zero-order chi connectivity index (χ0) is 41.8. The molecule has 15 heteroatoms. The standard InChI is InChI=1S/C44H48F2N6O6Si/c1-57-34-11-5-29(6-12-34)27-47-38-23-31(9-15-42(38)51(53)54)40-17-18-41(50(40)33-25-36(45)44(37(46)26-33)49-19-21-59(3,4)22-20-49)32-10-16-43(52(55)56)39(24-32)48-28-30-7-13-35(58-2)14-8-30/h5-16,23-26,40-41,47-48H,17-22,27-28H2,1-4H3/t40-,41-/m0/s1. The summed E-state index contributed by atoms with van der Waals surface area (Å²) in [4.78, 5) is 27.3. The van der Waals surface area contributed by atoms with E-state index in [4.69, 9.17) is 9.47 Å². The zero-order valence-electron chi connectivity index (χ0n) is 33.5. The summed E-state index contributed by atoms with van der Waals surface area (Å²) in [5.41, 5.74) is 3.84. The quantitative estimate of drug-likeness (QED) is 0.0633. The van der Waals surface area contributed by atoms with Crippen LogP contribution in [0.1, 0.15) is 47.2 Å². The zero-order valence-corrected chi connectivity index (χ0v) is 34.5. The highest BCUT2D eigenvalue weighted by Gasteiger charge is 2.38. The van der Waals surface area contributed by atoms with Gasteiger partial charge in [0.2, 0.25) is 0 Å². The molecule has 12 nitrogen and oxygen atoms in total. The molecule has 0 unspecified atom stereocenters. The van der Waals surface area contributed by atoms with E-state index in [0.29, 0.717) is 78.7 Å². The van der Waals surface area contributed by atoms with Gasteiger partial charge in [-0.05, 0) is 108 Å². The van der Waals surface area contributed by atoms with Gasteiger partial charge in [-0.15, -0.1) is 0 Å². The normalized spacial score (nSPS) is 17.4. The molecule has 2 atom stereocenters. The summed E-state index contributed by atoms with van der Waals surface area (Å²) in [5.74, 6) is 0.0464. The van der Waals surface area contributed by atoms with E-state index < -0.39 is 41.6 Å². The number of hydrogen-bond acceptors (Lipinski definition) is 10. The molecule has 0 saturated carbocycles. The van der Waals surface area contributed by atoms with Crippen molar-refractivity contribution in [2.24, 2.45) is 0 Å². The first kappa shape index (κ1) is 41.0. The molecule has 5 aromatic rings. The van der Waals surface area contributed by atoms with Crippen LogP contribution in [-0.4, -0.2) is 45.2 Å². The van der Waals surface area contributed by atoms with Gasteiger partial charge in [0.25, 0.3) is 11.4 Å². The summed E-state index contributed by atoms with van der Waals surface area (Å²) >= 11 is 0. The van der Waals surface area contributed by atoms with Gasteiger partial charge in [-0.3, -0.25) is 20.2 Å². The maximum absolute atomic E-state index is 16.3. The number of hydrogen-bond donors (Lipinski definition) is 2. The molecule has 0 radical (unpaired) electrons.